The summed E-state index contributed by atoms with van der Waals surface area (Å²) in [5.41, 5.74) is -0.0145. The molecule has 0 aliphatic rings. The SMILES string of the molecule is CC(=O)CC(NCCC(C)(C)C)C(F)(F)F. The Balaban J connectivity index is 4.19. The first-order chi connectivity index (χ1) is 7.02. The zero-order valence-corrected chi connectivity index (χ0v) is 10.2. The summed E-state index contributed by atoms with van der Waals surface area (Å²) in [4.78, 5) is 10.7. The van der Waals surface area contributed by atoms with E-state index in [1.807, 2.05) is 20.8 Å². The van der Waals surface area contributed by atoms with Gasteiger partial charge >= 0.3 is 6.18 Å². The Kier molecular flexibility index (Phi) is 5.46. The summed E-state index contributed by atoms with van der Waals surface area (Å²) in [7, 11) is 0. The van der Waals surface area contributed by atoms with Crippen molar-refractivity contribution in [2.75, 3.05) is 6.54 Å². The highest BCUT2D eigenvalue weighted by molar-refractivity contribution is 5.76. The number of rotatable bonds is 5. The van der Waals surface area contributed by atoms with Gasteiger partial charge in [-0.3, -0.25) is 4.79 Å². The van der Waals surface area contributed by atoms with E-state index in [4.69, 9.17) is 0 Å². The van der Waals surface area contributed by atoms with Crippen molar-refractivity contribution in [2.45, 2.75) is 52.8 Å². The monoisotopic (exact) mass is 239 g/mol. The molecule has 0 rings (SSSR count). The lowest BCUT2D eigenvalue weighted by Crippen LogP contribution is -2.44. The first-order valence-corrected chi connectivity index (χ1v) is 5.32. The quantitative estimate of drug-likeness (QED) is 0.799. The lowest BCUT2D eigenvalue weighted by Gasteiger charge is -2.23. The summed E-state index contributed by atoms with van der Waals surface area (Å²) in [5, 5.41) is 2.40. The molecule has 0 radical (unpaired) electrons. The second-order valence-corrected chi connectivity index (χ2v) is 5.27. The molecule has 0 saturated heterocycles. The van der Waals surface area contributed by atoms with Crippen LogP contribution in [0, 0.1) is 5.41 Å². The molecule has 0 spiro atoms. The Morgan fingerprint density at radius 3 is 2.06 bits per heavy atom. The maximum Gasteiger partial charge on any atom is 0.404 e. The highest BCUT2D eigenvalue weighted by atomic mass is 19.4. The number of Topliss-reactive ketones (excluding diaryl/α,β-unsaturated/α-hetero) is 1. The molecule has 0 amide bonds. The zero-order valence-electron chi connectivity index (χ0n) is 10.2. The van der Waals surface area contributed by atoms with Crippen LogP contribution >= 0.6 is 0 Å². The van der Waals surface area contributed by atoms with E-state index in [-0.39, 0.29) is 12.0 Å². The summed E-state index contributed by atoms with van der Waals surface area (Å²) in [6.07, 6.45) is -4.21. The lowest BCUT2D eigenvalue weighted by molar-refractivity contribution is -0.160. The van der Waals surface area contributed by atoms with Gasteiger partial charge in [0.05, 0.1) is 0 Å². The minimum atomic E-state index is -4.36. The molecule has 0 saturated carbocycles. The summed E-state index contributed by atoms with van der Waals surface area (Å²) in [5.74, 6) is -0.453. The van der Waals surface area contributed by atoms with E-state index < -0.39 is 24.4 Å². The van der Waals surface area contributed by atoms with Crippen molar-refractivity contribution in [3.8, 4) is 0 Å². The summed E-state index contributed by atoms with van der Waals surface area (Å²) in [6, 6.07) is -1.72. The molecule has 96 valence electrons. The summed E-state index contributed by atoms with van der Waals surface area (Å²) < 4.78 is 37.5. The molecular weight excluding hydrogens is 219 g/mol. The third kappa shape index (κ3) is 7.68. The maximum atomic E-state index is 12.5. The number of hydrogen-bond acceptors (Lipinski definition) is 2. The van der Waals surface area contributed by atoms with Crippen molar-refractivity contribution >= 4 is 5.78 Å². The number of carbonyl (C=O) groups excluding carboxylic acids is 1. The van der Waals surface area contributed by atoms with E-state index in [2.05, 4.69) is 5.32 Å². The Labute approximate surface area is 94.6 Å². The molecule has 0 heterocycles. The predicted octanol–water partition coefficient (Wildman–Crippen LogP) is 2.92. The van der Waals surface area contributed by atoms with Gasteiger partial charge < -0.3 is 5.32 Å². The fourth-order valence-corrected chi connectivity index (χ4v) is 1.21. The average molecular weight is 239 g/mol. The van der Waals surface area contributed by atoms with Crippen LogP contribution in [-0.4, -0.2) is 24.5 Å². The van der Waals surface area contributed by atoms with E-state index >= 15 is 0 Å². The second kappa shape index (κ2) is 5.66. The van der Waals surface area contributed by atoms with Crippen LogP contribution in [0.5, 0.6) is 0 Å². The Hall–Kier alpha value is -0.580. The van der Waals surface area contributed by atoms with Gasteiger partial charge in [-0.25, -0.2) is 0 Å². The van der Waals surface area contributed by atoms with Crippen molar-refractivity contribution < 1.29 is 18.0 Å². The predicted molar refractivity (Wildman–Crippen MR) is 57.2 cm³/mol. The molecular formula is C11H20F3NO. The summed E-state index contributed by atoms with van der Waals surface area (Å²) >= 11 is 0. The summed E-state index contributed by atoms with van der Waals surface area (Å²) in [6.45, 7) is 7.32. The Bertz CT molecular complexity index is 230. The van der Waals surface area contributed by atoms with Gasteiger partial charge in [0.1, 0.15) is 11.8 Å². The van der Waals surface area contributed by atoms with Crippen LogP contribution in [0.4, 0.5) is 13.2 Å². The number of halogens is 3. The van der Waals surface area contributed by atoms with Gasteiger partial charge in [0.15, 0.2) is 0 Å². The first-order valence-electron chi connectivity index (χ1n) is 5.32. The first kappa shape index (κ1) is 15.4. The van der Waals surface area contributed by atoms with Crippen LogP contribution in [0.15, 0.2) is 0 Å². The van der Waals surface area contributed by atoms with E-state index in [1.165, 1.54) is 6.92 Å². The molecule has 0 aromatic rings. The molecule has 1 unspecified atom stereocenters. The van der Waals surface area contributed by atoms with Gasteiger partial charge in [0, 0.05) is 6.42 Å². The van der Waals surface area contributed by atoms with Crippen molar-refractivity contribution in [1.29, 1.82) is 0 Å². The van der Waals surface area contributed by atoms with Crippen LogP contribution in [-0.2, 0) is 4.79 Å². The van der Waals surface area contributed by atoms with Crippen LogP contribution in [0.3, 0.4) is 0 Å². The molecule has 0 fully saturated rings. The highest BCUT2D eigenvalue weighted by Crippen LogP contribution is 2.23. The minimum Gasteiger partial charge on any atom is -0.306 e. The molecule has 16 heavy (non-hydrogen) atoms. The van der Waals surface area contributed by atoms with E-state index in [0.29, 0.717) is 6.42 Å². The number of carbonyl (C=O) groups is 1. The lowest BCUT2D eigenvalue weighted by atomic mass is 9.92. The standard InChI is InChI=1S/C11H20F3NO/c1-8(16)7-9(11(12,13)14)15-6-5-10(2,3)4/h9,15H,5-7H2,1-4H3. The van der Waals surface area contributed by atoms with Crippen LogP contribution in [0.25, 0.3) is 0 Å². The number of nitrogens with one attached hydrogen (secondary N) is 1. The second-order valence-electron chi connectivity index (χ2n) is 5.27. The minimum absolute atomic E-state index is 0.0145. The molecule has 0 aromatic heterocycles. The van der Waals surface area contributed by atoms with Crippen molar-refractivity contribution in [3.05, 3.63) is 0 Å². The van der Waals surface area contributed by atoms with Gasteiger partial charge in [-0.05, 0) is 25.3 Å². The molecule has 0 aromatic carbocycles. The van der Waals surface area contributed by atoms with Crippen LogP contribution < -0.4 is 5.32 Å². The smallest absolute Gasteiger partial charge is 0.306 e. The molecule has 1 N–H and O–H groups in total. The van der Waals surface area contributed by atoms with Gasteiger partial charge in [-0.1, -0.05) is 20.8 Å². The van der Waals surface area contributed by atoms with Crippen LogP contribution in [0.1, 0.15) is 40.5 Å². The fraction of sp³-hybridized carbons (Fsp3) is 0.909. The molecule has 1 atom stereocenters. The zero-order chi connectivity index (χ0) is 13.0. The van der Waals surface area contributed by atoms with Crippen molar-refractivity contribution in [2.24, 2.45) is 5.41 Å². The Morgan fingerprint density at radius 2 is 1.75 bits per heavy atom. The molecule has 5 heteroatoms. The van der Waals surface area contributed by atoms with Gasteiger partial charge in [0.25, 0.3) is 0 Å². The van der Waals surface area contributed by atoms with Crippen LogP contribution in [0.2, 0.25) is 0 Å². The highest BCUT2D eigenvalue weighted by Gasteiger charge is 2.39. The third-order valence-electron chi connectivity index (χ3n) is 2.15. The molecule has 0 aliphatic heterocycles. The largest absolute Gasteiger partial charge is 0.404 e. The average Bonchev–Trinajstić information content (AvgIpc) is 1.97. The van der Waals surface area contributed by atoms with Crippen molar-refractivity contribution in [1.82, 2.24) is 5.32 Å². The van der Waals surface area contributed by atoms with Gasteiger partial charge in [0.2, 0.25) is 0 Å². The Morgan fingerprint density at radius 1 is 1.25 bits per heavy atom. The molecule has 0 aliphatic carbocycles. The fourth-order valence-electron chi connectivity index (χ4n) is 1.21. The number of hydrogen-bond donors (Lipinski definition) is 1. The number of alkyl halides is 3. The van der Waals surface area contributed by atoms with Gasteiger partial charge in [-0.15, -0.1) is 0 Å². The topological polar surface area (TPSA) is 29.1 Å². The molecule has 2 nitrogen and oxygen atoms in total. The van der Waals surface area contributed by atoms with E-state index in [9.17, 15) is 18.0 Å². The third-order valence-corrected chi connectivity index (χ3v) is 2.15. The van der Waals surface area contributed by atoms with E-state index in [1.54, 1.807) is 0 Å². The van der Waals surface area contributed by atoms with Gasteiger partial charge in [-0.2, -0.15) is 13.2 Å². The number of ketones is 1. The molecule has 0 bridgehead atoms. The van der Waals surface area contributed by atoms with Crippen molar-refractivity contribution in [3.63, 3.8) is 0 Å². The maximum absolute atomic E-state index is 12.5. The van der Waals surface area contributed by atoms with E-state index in [0.717, 1.165) is 0 Å². The normalized spacial score (nSPS) is 14.9.